The zero-order chi connectivity index (χ0) is 21.9. The van der Waals surface area contributed by atoms with E-state index >= 15 is 0 Å². The summed E-state index contributed by atoms with van der Waals surface area (Å²) >= 11 is 1.64. The number of para-hydroxylation sites is 3. The lowest BCUT2D eigenvalue weighted by Gasteiger charge is -1.98. The first-order chi connectivity index (χ1) is 14.2. The van der Waals surface area contributed by atoms with Gasteiger partial charge in [0.15, 0.2) is 11.0 Å². The van der Waals surface area contributed by atoms with Crippen molar-refractivity contribution in [1.29, 1.82) is 0 Å². The van der Waals surface area contributed by atoms with Gasteiger partial charge >= 0.3 is 5.82 Å². The summed E-state index contributed by atoms with van der Waals surface area (Å²) in [5.74, 6) is 1.00. The molecule has 9 nitrogen and oxygen atoms in total. The van der Waals surface area contributed by atoms with Crippen molar-refractivity contribution in [2.75, 3.05) is 7.11 Å². The van der Waals surface area contributed by atoms with Crippen LogP contribution in [0.3, 0.4) is 0 Å². The van der Waals surface area contributed by atoms with E-state index < -0.39 is 10.4 Å². The summed E-state index contributed by atoms with van der Waals surface area (Å²) in [5.41, 5.74) is 3.52. The second-order valence-corrected chi connectivity index (χ2v) is 8.45. The maximum Gasteiger partial charge on any atom is 0.302 e. The molecule has 0 bridgehead atoms. The fourth-order valence-electron chi connectivity index (χ4n) is 2.98. The Labute approximate surface area is 177 Å². The second kappa shape index (κ2) is 8.88. The molecule has 0 atom stereocenters. The predicted molar refractivity (Wildman–Crippen MR) is 115 cm³/mol. The van der Waals surface area contributed by atoms with E-state index in [2.05, 4.69) is 52.4 Å². The molecule has 0 unspecified atom stereocenters. The van der Waals surface area contributed by atoms with Gasteiger partial charge in [0.05, 0.1) is 31.4 Å². The third kappa shape index (κ3) is 4.65. The first kappa shape index (κ1) is 21.8. The predicted octanol–water partition coefficient (Wildman–Crippen LogP) is 1.58. The van der Waals surface area contributed by atoms with E-state index in [-0.39, 0.29) is 0 Å². The van der Waals surface area contributed by atoms with Gasteiger partial charge in [-0.2, -0.15) is 0 Å². The van der Waals surface area contributed by atoms with E-state index in [4.69, 9.17) is 0 Å². The van der Waals surface area contributed by atoms with Gasteiger partial charge in [0, 0.05) is 7.05 Å². The van der Waals surface area contributed by atoms with Gasteiger partial charge < -0.3 is 9.12 Å². The maximum absolute atomic E-state index is 9.22. The number of hydrogen-bond donors (Lipinski definition) is 0. The lowest BCUT2D eigenvalue weighted by atomic mass is 10.3. The highest BCUT2D eigenvalue weighted by Crippen LogP contribution is 2.15. The molecule has 0 amide bonds. The van der Waals surface area contributed by atoms with Crippen LogP contribution in [0, 0.1) is 0 Å². The Morgan fingerprint density at radius 2 is 1.67 bits per heavy atom. The highest BCUT2D eigenvalue weighted by molar-refractivity contribution is 7.80. The monoisotopic (exact) mass is 447 g/mol. The molecule has 0 aliphatic heterocycles. The van der Waals surface area contributed by atoms with Crippen LogP contribution in [-0.4, -0.2) is 35.4 Å². The molecule has 158 valence electrons. The van der Waals surface area contributed by atoms with Crippen molar-refractivity contribution in [2.24, 2.45) is 31.3 Å². The molecule has 30 heavy (non-hydrogen) atoms. The molecule has 0 radical (unpaired) electrons. The second-order valence-electron chi connectivity index (χ2n) is 6.30. The molecule has 11 heteroatoms. The van der Waals surface area contributed by atoms with Crippen LogP contribution in [0.4, 0.5) is 0 Å². The Kier molecular flexibility index (Phi) is 6.46. The number of imidazole rings is 1. The zero-order valence-electron chi connectivity index (χ0n) is 16.9. The SMILES string of the molecule is COS(=O)(=O)[O-].Cn1c(/C=N/N=c2/sc3ccccc3n2C)[n+](C)c2ccccc21. The van der Waals surface area contributed by atoms with Crippen LogP contribution in [0.25, 0.3) is 21.3 Å². The van der Waals surface area contributed by atoms with E-state index in [9.17, 15) is 13.0 Å². The van der Waals surface area contributed by atoms with Crippen LogP contribution in [0.15, 0.2) is 58.7 Å². The number of aryl methyl sites for hydroxylation is 3. The number of nitrogens with zero attached hydrogens (tertiary/aromatic N) is 5. The van der Waals surface area contributed by atoms with E-state index in [0.717, 1.165) is 17.7 Å². The molecule has 2 heterocycles. The van der Waals surface area contributed by atoms with Crippen molar-refractivity contribution < 1.29 is 21.7 Å². The molecule has 0 saturated carbocycles. The lowest BCUT2D eigenvalue weighted by molar-refractivity contribution is -0.646. The van der Waals surface area contributed by atoms with Crippen LogP contribution >= 0.6 is 11.3 Å². The van der Waals surface area contributed by atoms with Gasteiger partial charge in [-0.15, -0.1) is 10.2 Å². The largest absolute Gasteiger partial charge is 0.726 e. The average molecular weight is 448 g/mol. The number of benzene rings is 2. The van der Waals surface area contributed by atoms with Gasteiger partial charge in [-0.25, -0.2) is 17.6 Å². The lowest BCUT2D eigenvalue weighted by Crippen LogP contribution is -2.32. The van der Waals surface area contributed by atoms with Gasteiger partial charge in [-0.3, -0.25) is 4.18 Å². The number of hydrogen-bond acceptors (Lipinski definition) is 7. The Morgan fingerprint density at radius 3 is 2.27 bits per heavy atom. The number of thiazole rings is 1. The average Bonchev–Trinajstić information content (AvgIpc) is 3.18. The van der Waals surface area contributed by atoms with Crippen molar-refractivity contribution >= 4 is 49.2 Å². The minimum Gasteiger partial charge on any atom is -0.726 e. The molecule has 4 rings (SSSR count). The van der Waals surface area contributed by atoms with Crippen LogP contribution in [-0.2, 0) is 35.7 Å². The van der Waals surface area contributed by atoms with Crippen LogP contribution in [0.5, 0.6) is 0 Å². The minimum absolute atomic E-state index is 0.808. The van der Waals surface area contributed by atoms with Gasteiger partial charge in [0.25, 0.3) is 0 Å². The highest BCUT2D eigenvalue weighted by atomic mass is 32.3. The molecule has 4 aromatic rings. The summed E-state index contributed by atoms with van der Waals surface area (Å²) in [4.78, 5) is 0.883. The summed E-state index contributed by atoms with van der Waals surface area (Å²) in [5, 5.41) is 8.75. The van der Waals surface area contributed by atoms with Crippen molar-refractivity contribution in [3.63, 3.8) is 0 Å². The fourth-order valence-corrected chi connectivity index (χ4v) is 3.96. The van der Waals surface area contributed by atoms with Crippen LogP contribution in [0.2, 0.25) is 0 Å². The first-order valence-corrected chi connectivity index (χ1v) is 10.9. The molecule has 0 aliphatic rings. The smallest absolute Gasteiger partial charge is 0.302 e. The Morgan fingerprint density at radius 1 is 1.07 bits per heavy atom. The number of fused-ring (bicyclic) bond motifs is 2. The Hall–Kier alpha value is -2.86. The molecular formula is C19H21N5O4S2. The van der Waals surface area contributed by atoms with E-state index in [0.29, 0.717) is 0 Å². The van der Waals surface area contributed by atoms with E-state index in [1.807, 2.05) is 51.6 Å². The molecule has 0 spiro atoms. The van der Waals surface area contributed by atoms with Gasteiger partial charge in [0.1, 0.15) is 6.21 Å². The molecule has 0 saturated heterocycles. The topological polar surface area (TPSA) is 105 Å². The standard InChI is InChI=1S/C18H18N5S.CH4O4S/c1-21-13-8-4-5-9-14(13)22(2)17(21)12-19-20-18-23(3)15-10-6-7-11-16(15)24-18;1-5-6(2,3)4/h4-12H,1-3H3;1H3,(H,2,3,4)/q+1;/p-1. The maximum atomic E-state index is 9.22. The van der Waals surface area contributed by atoms with Crippen molar-refractivity contribution in [3.8, 4) is 0 Å². The third-order valence-electron chi connectivity index (χ3n) is 4.53. The van der Waals surface area contributed by atoms with E-state index in [1.165, 1.54) is 21.3 Å². The van der Waals surface area contributed by atoms with Crippen LogP contribution in [0.1, 0.15) is 5.82 Å². The summed E-state index contributed by atoms with van der Waals surface area (Å²) in [7, 11) is 2.50. The first-order valence-electron chi connectivity index (χ1n) is 8.79. The number of rotatable bonds is 3. The number of aromatic nitrogens is 3. The van der Waals surface area contributed by atoms with Crippen molar-refractivity contribution in [1.82, 2.24) is 9.13 Å². The quantitative estimate of drug-likeness (QED) is 0.156. The van der Waals surface area contributed by atoms with Crippen molar-refractivity contribution in [2.45, 2.75) is 0 Å². The van der Waals surface area contributed by atoms with E-state index in [1.54, 1.807) is 11.3 Å². The molecule has 2 aromatic heterocycles. The van der Waals surface area contributed by atoms with Gasteiger partial charge in [0.2, 0.25) is 15.2 Å². The molecule has 0 N–H and O–H groups in total. The Bertz CT molecular complexity index is 1360. The summed E-state index contributed by atoms with van der Waals surface area (Å²) in [6.07, 6.45) is 1.81. The molecule has 2 aromatic carbocycles. The van der Waals surface area contributed by atoms with Gasteiger partial charge in [-0.05, 0) is 24.3 Å². The summed E-state index contributed by atoms with van der Waals surface area (Å²) in [6, 6.07) is 16.6. The molecular weight excluding hydrogens is 426 g/mol. The zero-order valence-corrected chi connectivity index (χ0v) is 18.5. The molecule has 0 aliphatic carbocycles. The fraction of sp³-hybridized carbons (Fsp3) is 0.211. The van der Waals surface area contributed by atoms with Gasteiger partial charge in [-0.1, -0.05) is 35.6 Å². The summed E-state index contributed by atoms with van der Waals surface area (Å²) in [6.45, 7) is 0. The third-order valence-corrected chi connectivity index (χ3v) is 6.04. The van der Waals surface area contributed by atoms with Crippen LogP contribution < -0.4 is 9.37 Å². The Balaban J connectivity index is 0.000000377. The molecule has 0 fully saturated rings. The van der Waals surface area contributed by atoms with Crippen molar-refractivity contribution in [3.05, 3.63) is 59.2 Å². The highest BCUT2D eigenvalue weighted by Gasteiger charge is 2.17. The minimum atomic E-state index is -4.41. The normalized spacial score (nSPS) is 12.6. The summed E-state index contributed by atoms with van der Waals surface area (Å²) < 4.78 is 38.5.